The van der Waals surface area contributed by atoms with Crippen LogP contribution in [0.5, 0.6) is 11.5 Å². The van der Waals surface area contributed by atoms with E-state index in [1.165, 1.54) is 19.2 Å². The molecule has 2 aromatic carbocycles. The molecule has 0 spiro atoms. The predicted octanol–water partition coefficient (Wildman–Crippen LogP) is 4.46. The molecule has 2 rings (SSSR count). The lowest BCUT2D eigenvalue weighted by Gasteiger charge is -2.11. The molecule has 0 aliphatic carbocycles. The van der Waals surface area contributed by atoms with E-state index >= 15 is 0 Å². The number of phenols is 1. The fourth-order valence-corrected chi connectivity index (χ4v) is 2.11. The van der Waals surface area contributed by atoms with Crippen LogP contribution in [-0.4, -0.2) is 12.2 Å². The fraction of sp³-hybridized carbons (Fsp3) is 0.143. The third-order valence-electron chi connectivity index (χ3n) is 2.72. The first kappa shape index (κ1) is 14.8. The summed E-state index contributed by atoms with van der Waals surface area (Å²) in [4.78, 5) is 0. The maximum absolute atomic E-state index is 13.0. The fourth-order valence-electron chi connectivity index (χ4n) is 1.70. The zero-order valence-corrected chi connectivity index (χ0v) is 12.1. The molecule has 0 aliphatic heterocycles. The summed E-state index contributed by atoms with van der Waals surface area (Å²) in [5.41, 5.74) is 1.49. The third kappa shape index (κ3) is 3.26. The Balaban J connectivity index is 2.14. The summed E-state index contributed by atoms with van der Waals surface area (Å²) in [5, 5.41) is 13.0. The van der Waals surface area contributed by atoms with Crippen molar-refractivity contribution in [2.75, 3.05) is 12.4 Å². The van der Waals surface area contributed by atoms with Crippen LogP contribution in [0, 0.1) is 5.82 Å². The summed E-state index contributed by atoms with van der Waals surface area (Å²) in [6.45, 7) is 0.429. The van der Waals surface area contributed by atoms with E-state index < -0.39 is 5.82 Å². The molecular weight excluding hydrogens is 304 g/mol. The molecule has 2 N–H and O–H groups in total. The Morgan fingerprint density at radius 1 is 1.20 bits per heavy atom. The van der Waals surface area contributed by atoms with Crippen LogP contribution in [0.3, 0.4) is 0 Å². The molecular formula is C14H12Cl2FNO2. The Bertz CT molecular complexity index is 635. The lowest BCUT2D eigenvalue weighted by Crippen LogP contribution is -2.00. The molecule has 0 radical (unpaired) electrons. The van der Waals surface area contributed by atoms with Crippen molar-refractivity contribution < 1.29 is 14.2 Å². The van der Waals surface area contributed by atoms with Crippen LogP contribution in [-0.2, 0) is 6.54 Å². The van der Waals surface area contributed by atoms with Crippen molar-refractivity contribution in [3.05, 3.63) is 51.8 Å². The number of anilines is 1. The Labute approximate surface area is 125 Å². The second-order valence-corrected chi connectivity index (χ2v) is 4.93. The molecule has 0 saturated heterocycles. The van der Waals surface area contributed by atoms with Crippen molar-refractivity contribution in [2.45, 2.75) is 6.54 Å². The van der Waals surface area contributed by atoms with Crippen molar-refractivity contribution in [2.24, 2.45) is 0 Å². The number of phenolic OH excluding ortho intramolecular Hbond substituents is 1. The molecule has 0 bridgehead atoms. The highest BCUT2D eigenvalue weighted by atomic mass is 35.5. The summed E-state index contributed by atoms with van der Waals surface area (Å²) in [6.07, 6.45) is 0. The Morgan fingerprint density at radius 3 is 2.60 bits per heavy atom. The first-order valence-electron chi connectivity index (χ1n) is 5.75. The van der Waals surface area contributed by atoms with Crippen LogP contribution in [0.4, 0.5) is 10.1 Å². The van der Waals surface area contributed by atoms with Crippen molar-refractivity contribution in [3.8, 4) is 11.5 Å². The zero-order chi connectivity index (χ0) is 14.7. The maximum Gasteiger partial charge on any atom is 0.176 e. The first-order chi connectivity index (χ1) is 9.51. The van der Waals surface area contributed by atoms with Gasteiger partial charge in [0.05, 0.1) is 17.2 Å². The van der Waals surface area contributed by atoms with Crippen molar-refractivity contribution in [1.29, 1.82) is 0 Å². The van der Waals surface area contributed by atoms with Crippen LogP contribution in [0.1, 0.15) is 5.56 Å². The van der Waals surface area contributed by atoms with Gasteiger partial charge in [0.25, 0.3) is 0 Å². The monoisotopic (exact) mass is 315 g/mol. The largest absolute Gasteiger partial charge is 0.503 e. The molecule has 0 unspecified atom stereocenters. The topological polar surface area (TPSA) is 41.5 Å². The smallest absolute Gasteiger partial charge is 0.176 e. The summed E-state index contributed by atoms with van der Waals surface area (Å²) in [7, 11) is 1.45. The standard InChI is InChI=1S/C14H12Cl2FNO2/c1-20-13-5-8(4-11(16)14(13)19)7-18-9-2-3-12(17)10(15)6-9/h2-6,18-19H,7H2,1H3. The molecule has 0 saturated carbocycles. The van der Waals surface area contributed by atoms with Gasteiger partial charge in [0.1, 0.15) is 5.82 Å². The summed E-state index contributed by atoms with van der Waals surface area (Å²) < 4.78 is 18.1. The van der Waals surface area contributed by atoms with Gasteiger partial charge in [0, 0.05) is 12.2 Å². The molecule has 0 fully saturated rings. The number of hydrogen-bond acceptors (Lipinski definition) is 3. The van der Waals surface area contributed by atoms with E-state index in [9.17, 15) is 9.50 Å². The van der Waals surface area contributed by atoms with Crippen molar-refractivity contribution in [1.82, 2.24) is 0 Å². The number of ether oxygens (including phenoxy) is 1. The van der Waals surface area contributed by atoms with Gasteiger partial charge in [-0.1, -0.05) is 23.2 Å². The number of halogens is 3. The molecule has 0 amide bonds. The van der Waals surface area contributed by atoms with Gasteiger partial charge >= 0.3 is 0 Å². The van der Waals surface area contributed by atoms with E-state index in [1.54, 1.807) is 18.2 Å². The Hall–Kier alpha value is -1.65. The number of aromatic hydroxyl groups is 1. The van der Waals surface area contributed by atoms with E-state index in [1.807, 2.05) is 0 Å². The maximum atomic E-state index is 13.0. The lowest BCUT2D eigenvalue weighted by atomic mass is 10.2. The van der Waals surface area contributed by atoms with Gasteiger partial charge in [0.15, 0.2) is 11.5 Å². The minimum Gasteiger partial charge on any atom is -0.503 e. The minimum absolute atomic E-state index is 0.0521. The van der Waals surface area contributed by atoms with Gasteiger partial charge in [0.2, 0.25) is 0 Å². The second kappa shape index (κ2) is 6.20. The highest BCUT2D eigenvalue weighted by molar-refractivity contribution is 6.32. The molecule has 0 aromatic heterocycles. The quantitative estimate of drug-likeness (QED) is 0.875. The second-order valence-electron chi connectivity index (χ2n) is 4.11. The van der Waals surface area contributed by atoms with Crippen LogP contribution < -0.4 is 10.1 Å². The summed E-state index contributed by atoms with van der Waals surface area (Å²) in [5.74, 6) is -0.263. The molecule has 3 nitrogen and oxygen atoms in total. The van der Waals surface area contributed by atoms with Crippen LogP contribution in [0.2, 0.25) is 10.0 Å². The molecule has 20 heavy (non-hydrogen) atoms. The SMILES string of the molecule is COc1cc(CNc2ccc(F)c(Cl)c2)cc(Cl)c1O. The number of methoxy groups -OCH3 is 1. The van der Waals surface area contributed by atoms with E-state index in [4.69, 9.17) is 27.9 Å². The van der Waals surface area contributed by atoms with Crippen LogP contribution in [0.25, 0.3) is 0 Å². The van der Waals surface area contributed by atoms with Gasteiger partial charge in [-0.2, -0.15) is 0 Å². The number of benzene rings is 2. The Morgan fingerprint density at radius 2 is 1.95 bits per heavy atom. The van der Waals surface area contributed by atoms with E-state index in [0.29, 0.717) is 18.0 Å². The number of nitrogens with one attached hydrogen (secondary N) is 1. The van der Waals surface area contributed by atoms with Crippen LogP contribution >= 0.6 is 23.2 Å². The molecule has 106 valence electrons. The highest BCUT2D eigenvalue weighted by Gasteiger charge is 2.09. The van der Waals surface area contributed by atoms with Gasteiger partial charge in [-0.15, -0.1) is 0 Å². The lowest BCUT2D eigenvalue weighted by molar-refractivity contribution is 0.373. The zero-order valence-electron chi connectivity index (χ0n) is 10.6. The highest BCUT2D eigenvalue weighted by Crippen LogP contribution is 2.35. The molecule has 0 aliphatic rings. The van der Waals surface area contributed by atoms with Crippen LogP contribution in [0.15, 0.2) is 30.3 Å². The van der Waals surface area contributed by atoms with Gasteiger partial charge in [-0.3, -0.25) is 0 Å². The molecule has 0 heterocycles. The van der Waals surface area contributed by atoms with E-state index in [0.717, 1.165) is 5.56 Å². The average Bonchev–Trinajstić information content (AvgIpc) is 2.43. The van der Waals surface area contributed by atoms with E-state index in [2.05, 4.69) is 5.32 Å². The average molecular weight is 316 g/mol. The Kier molecular flexibility index (Phi) is 4.57. The van der Waals surface area contributed by atoms with Crippen molar-refractivity contribution >= 4 is 28.9 Å². The van der Waals surface area contributed by atoms with E-state index in [-0.39, 0.29) is 15.8 Å². The summed E-state index contributed by atoms with van der Waals surface area (Å²) in [6, 6.07) is 7.66. The molecule has 6 heteroatoms. The van der Waals surface area contributed by atoms with Gasteiger partial charge < -0.3 is 15.2 Å². The predicted molar refractivity (Wildman–Crippen MR) is 78.4 cm³/mol. The molecule has 2 aromatic rings. The number of rotatable bonds is 4. The first-order valence-corrected chi connectivity index (χ1v) is 6.51. The van der Waals surface area contributed by atoms with Crippen molar-refractivity contribution in [3.63, 3.8) is 0 Å². The third-order valence-corrected chi connectivity index (χ3v) is 3.30. The van der Waals surface area contributed by atoms with Gasteiger partial charge in [-0.25, -0.2) is 4.39 Å². The molecule has 0 atom stereocenters. The number of hydrogen-bond donors (Lipinski definition) is 2. The summed E-state index contributed by atoms with van der Waals surface area (Å²) >= 11 is 11.6. The van der Waals surface area contributed by atoms with Gasteiger partial charge in [-0.05, 0) is 35.9 Å². The minimum atomic E-state index is -0.466. The normalized spacial score (nSPS) is 10.4.